The summed E-state index contributed by atoms with van der Waals surface area (Å²) < 4.78 is 10.4. The molecule has 2 aromatic rings. The van der Waals surface area contributed by atoms with E-state index in [1.165, 1.54) is 25.6 Å². The average Bonchev–Trinajstić information content (AvgIpc) is 3.31. The lowest BCUT2D eigenvalue weighted by molar-refractivity contribution is -0.118. The number of anilines is 1. The van der Waals surface area contributed by atoms with E-state index in [0.29, 0.717) is 27.6 Å². The minimum Gasteiger partial charge on any atom is -0.497 e. The minimum atomic E-state index is -0.817. The van der Waals surface area contributed by atoms with Crippen LogP contribution in [-0.4, -0.2) is 38.0 Å². The SMILES string of the molecule is COc1cc(OC)cc(C(=O)N[C@@H](C(=O)Nc2sc3c(c2C(N)=O)CCC3)C(C)C)c1. The molecule has 0 fully saturated rings. The number of carbonyl (C=O) groups excluding carboxylic acids is 3. The fraction of sp³-hybridized carbons (Fsp3) is 0.409. The second-order valence-corrected chi connectivity index (χ2v) is 8.82. The molecule has 0 radical (unpaired) electrons. The van der Waals surface area contributed by atoms with Crippen molar-refractivity contribution in [3.05, 3.63) is 39.8 Å². The van der Waals surface area contributed by atoms with Crippen molar-refractivity contribution in [2.45, 2.75) is 39.2 Å². The van der Waals surface area contributed by atoms with Crippen LogP contribution in [0.15, 0.2) is 18.2 Å². The van der Waals surface area contributed by atoms with Crippen LogP contribution in [0.25, 0.3) is 0 Å². The van der Waals surface area contributed by atoms with Crippen LogP contribution in [0.5, 0.6) is 11.5 Å². The van der Waals surface area contributed by atoms with Crippen LogP contribution in [-0.2, 0) is 17.6 Å². The van der Waals surface area contributed by atoms with Crippen LogP contribution in [0.3, 0.4) is 0 Å². The van der Waals surface area contributed by atoms with Gasteiger partial charge >= 0.3 is 0 Å². The number of thiophene rings is 1. The fourth-order valence-electron chi connectivity index (χ4n) is 3.64. The molecule has 1 aliphatic rings. The average molecular weight is 446 g/mol. The molecule has 0 unspecified atom stereocenters. The Morgan fingerprint density at radius 3 is 2.26 bits per heavy atom. The lowest BCUT2D eigenvalue weighted by atomic mass is 10.0. The number of nitrogens with two attached hydrogens (primary N) is 1. The summed E-state index contributed by atoms with van der Waals surface area (Å²) in [5.74, 6) is -0.650. The van der Waals surface area contributed by atoms with Gasteiger partial charge in [-0.1, -0.05) is 13.8 Å². The molecule has 0 saturated heterocycles. The van der Waals surface area contributed by atoms with Crippen molar-refractivity contribution >= 4 is 34.1 Å². The van der Waals surface area contributed by atoms with Gasteiger partial charge in [0.2, 0.25) is 5.91 Å². The molecule has 1 aromatic carbocycles. The van der Waals surface area contributed by atoms with E-state index < -0.39 is 23.8 Å². The van der Waals surface area contributed by atoms with Crippen LogP contribution >= 0.6 is 11.3 Å². The van der Waals surface area contributed by atoms with Crippen LogP contribution in [0.4, 0.5) is 5.00 Å². The molecule has 0 spiro atoms. The van der Waals surface area contributed by atoms with E-state index in [4.69, 9.17) is 15.2 Å². The third kappa shape index (κ3) is 4.82. The number of carbonyl (C=O) groups is 3. The number of hydrogen-bond donors (Lipinski definition) is 3. The molecule has 1 aliphatic carbocycles. The highest BCUT2D eigenvalue weighted by molar-refractivity contribution is 7.17. The Bertz CT molecular complexity index is 993. The minimum absolute atomic E-state index is 0.194. The topological polar surface area (TPSA) is 120 Å². The van der Waals surface area contributed by atoms with Crippen molar-refractivity contribution in [3.8, 4) is 11.5 Å². The maximum atomic E-state index is 13.0. The van der Waals surface area contributed by atoms with E-state index in [2.05, 4.69) is 10.6 Å². The molecular formula is C22H27N3O5S. The Hall–Kier alpha value is -3.07. The second-order valence-electron chi connectivity index (χ2n) is 7.71. The lowest BCUT2D eigenvalue weighted by Gasteiger charge is -2.22. The summed E-state index contributed by atoms with van der Waals surface area (Å²) in [6, 6.07) is 3.98. The van der Waals surface area contributed by atoms with Gasteiger partial charge in [0.05, 0.1) is 19.8 Å². The highest BCUT2D eigenvalue weighted by atomic mass is 32.1. The van der Waals surface area contributed by atoms with Gasteiger partial charge in [-0.05, 0) is 42.9 Å². The Kier molecular flexibility index (Phi) is 6.84. The second kappa shape index (κ2) is 9.38. The van der Waals surface area contributed by atoms with Crippen molar-refractivity contribution in [1.29, 1.82) is 0 Å². The Morgan fingerprint density at radius 2 is 1.71 bits per heavy atom. The monoisotopic (exact) mass is 445 g/mol. The highest BCUT2D eigenvalue weighted by Gasteiger charge is 2.30. The summed E-state index contributed by atoms with van der Waals surface area (Å²) in [5.41, 5.74) is 7.20. The largest absolute Gasteiger partial charge is 0.497 e. The predicted octanol–water partition coefficient (Wildman–Crippen LogP) is 2.75. The third-order valence-corrected chi connectivity index (χ3v) is 6.46. The summed E-state index contributed by atoms with van der Waals surface area (Å²) >= 11 is 1.38. The zero-order chi connectivity index (χ0) is 22.7. The van der Waals surface area contributed by atoms with Crippen molar-refractivity contribution < 1.29 is 23.9 Å². The molecule has 3 rings (SSSR count). The molecule has 1 heterocycles. The molecule has 3 amide bonds. The molecule has 31 heavy (non-hydrogen) atoms. The van der Waals surface area contributed by atoms with Gasteiger partial charge in [0.15, 0.2) is 0 Å². The van der Waals surface area contributed by atoms with Crippen LogP contribution < -0.4 is 25.8 Å². The first-order chi connectivity index (χ1) is 14.7. The van der Waals surface area contributed by atoms with E-state index in [9.17, 15) is 14.4 Å². The van der Waals surface area contributed by atoms with Crippen molar-refractivity contribution in [1.82, 2.24) is 5.32 Å². The van der Waals surface area contributed by atoms with Gasteiger partial charge in [-0.3, -0.25) is 14.4 Å². The van der Waals surface area contributed by atoms with Gasteiger partial charge in [-0.25, -0.2) is 0 Å². The number of hydrogen-bond acceptors (Lipinski definition) is 6. The number of nitrogens with one attached hydrogen (secondary N) is 2. The first-order valence-corrected chi connectivity index (χ1v) is 10.9. The molecule has 0 saturated carbocycles. The van der Waals surface area contributed by atoms with Gasteiger partial charge < -0.3 is 25.8 Å². The van der Waals surface area contributed by atoms with Gasteiger partial charge in [-0.2, -0.15) is 0 Å². The maximum absolute atomic E-state index is 13.0. The van der Waals surface area contributed by atoms with Crippen molar-refractivity contribution in [2.75, 3.05) is 19.5 Å². The van der Waals surface area contributed by atoms with Gasteiger partial charge in [0.1, 0.15) is 22.5 Å². The predicted molar refractivity (Wildman–Crippen MR) is 119 cm³/mol. The fourth-order valence-corrected chi connectivity index (χ4v) is 4.94. The van der Waals surface area contributed by atoms with Crippen LogP contribution in [0.1, 0.15) is 51.4 Å². The van der Waals surface area contributed by atoms with Gasteiger partial charge in [0.25, 0.3) is 11.8 Å². The summed E-state index contributed by atoms with van der Waals surface area (Å²) in [4.78, 5) is 39.0. The van der Waals surface area contributed by atoms with E-state index in [0.717, 1.165) is 29.7 Å². The molecule has 1 aromatic heterocycles. The van der Waals surface area contributed by atoms with Crippen molar-refractivity contribution in [3.63, 3.8) is 0 Å². The van der Waals surface area contributed by atoms with Gasteiger partial charge in [0, 0.05) is 16.5 Å². The number of amides is 3. The summed E-state index contributed by atoms with van der Waals surface area (Å²) in [6.07, 6.45) is 2.63. The molecule has 0 aliphatic heterocycles. The van der Waals surface area contributed by atoms with E-state index in [1.54, 1.807) is 18.2 Å². The normalized spacial score (nSPS) is 13.5. The van der Waals surface area contributed by atoms with E-state index >= 15 is 0 Å². The standard InChI is InChI=1S/C22H27N3O5S/c1-11(2)18(24-20(27)12-8-13(29-3)10-14(9-12)30-4)21(28)25-22-17(19(23)26)15-6-5-7-16(15)31-22/h8-11,18H,5-7H2,1-4H3,(H2,23,26)(H,24,27)(H,25,28)/t18-/m1/s1. The molecular weight excluding hydrogens is 418 g/mol. The number of rotatable bonds is 8. The number of primary amides is 1. The first-order valence-electron chi connectivity index (χ1n) is 10.0. The summed E-state index contributed by atoms with van der Waals surface area (Å²) in [6.45, 7) is 3.67. The summed E-state index contributed by atoms with van der Waals surface area (Å²) in [5, 5.41) is 6.05. The molecule has 0 bridgehead atoms. The molecule has 1 atom stereocenters. The third-order valence-electron chi connectivity index (χ3n) is 5.25. The Labute approximate surface area is 185 Å². The molecule has 4 N–H and O–H groups in total. The zero-order valence-corrected chi connectivity index (χ0v) is 18.9. The summed E-state index contributed by atoms with van der Waals surface area (Å²) in [7, 11) is 2.99. The maximum Gasteiger partial charge on any atom is 0.252 e. The Morgan fingerprint density at radius 1 is 1.06 bits per heavy atom. The zero-order valence-electron chi connectivity index (χ0n) is 18.0. The molecule has 9 heteroatoms. The van der Waals surface area contributed by atoms with E-state index in [-0.39, 0.29) is 5.92 Å². The number of benzene rings is 1. The number of fused-ring (bicyclic) bond motifs is 1. The number of methoxy groups -OCH3 is 2. The van der Waals surface area contributed by atoms with Crippen molar-refractivity contribution in [2.24, 2.45) is 11.7 Å². The first kappa shape index (κ1) is 22.6. The lowest BCUT2D eigenvalue weighted by Crippen LogP contribution is -2.47. The van der Waals surface area contributed by atoms with Crippen LogP contribution in [0.2, 0.25) is 0 Å². The van der Waals surface area contributed by atoms with Gasteiger partial charge in [-0.15, -0.1) is 11.3 Å². The highest BCUT2D eigenvalue weighted by Crippen LogP contribution is 2.39. The Balaban J connectivity index is 1.81. The van der Waals surface area contributed by atoms with Crippen LogP contribution in [0, 0.1) is 5.92 Å². The molecule has 166 valence electrons. The van der Waals surface area contributed by atoms with E-state index in [1.807, 2.05) is 13.8 Å². The number of aryl methyl sites for hydroxylation is 1. The quantitative estimate of drug-likeness (QED) is 0.577. The number of ether oxygens (including phenoxy) is 2. The molecule has 8 nitrogen and oxygen atoms in total. The smallest absolute Gasteiger partial charge is 0.252 e.